The first-order chi connectivity index (χ1) is 18.7. The van der Waals surface area contributed by atoms with Gasteiger partial charge in [0, 0.05) is 35.7 Å². The topological polar surface area (TPSA) is 72.5 Å². The fourth-order valence-corrected chi connectivity index (χ4v) is 6.36. The van der Waals surface area contributed by atoms with Crippen molar-refractivity contribution in [1.29, 1.82) is 0 Å². The Kier molecular flexibility index (Phi) is 7.42. The molecule has 1 atom stereocenters. The lowest BCUT2D eigenvalue weighted by Gasteiger charge is -2.29. The quantitative estimate of drug-likeness (QED) is 0.348. The van der Waals surface area contributed by atoms with Crippen molar-refractivity contribution >= 4 is 34.9 Å². The molecule has 3 aromatic heterocycles. The molecule has 5 rings (SSSR count). The number of benzene rings is 1. The molecular weight excluding hydrogens is 530 g/mol. The number of allylic oxidation sites excluding steroid dienone is 1. The average molecular weight is 560 g/mol. The highest BCUT2D eigenvalue weighted by molar-refractivity contribution is 7.07. The number of carbonyl (C=O) groups excluding carboxylic acids is 1. The van der Waals surface area contributed by atoms with Crippen LogP contribution in [0, 0.1) is 13.8 Å². The third-order valence-electron chi connectivity index (χ3n) is 7.15. The summed E-state index contributed by atoms with van der Waals surface area (Å²) in [6, 6.07) is 12.7. The summed E-state index contributed by atoms with van der Waals surface area (Å²) in [4.78, 5) is 39.1. The van der Waals surface area contributed by atoms with Crippen molar-refractivity contribution in [3.8, 4) is 5.69 Å². The minimum Gasteiger partial charge on any atom is -0.339 e. The number of halogens is 1. The highest BCUT2D eigenvalue weighted by Gasteiger charge is 2.34. The van der Waals surface area contributed by atoms with Crippen LogP contribution in [-0.2, 0) is 4.79 Å². The van der Waals surface area contributed by atoms with Gasteiger partial charge in [0.25, 0.3) is 11.5 Å². The molecule has 0 unspecified atom stereocenters. The lowest BCUT2D eigenvalue weighted by molar-refractivity contribution is -0.127. The summed E-state index contributed by atoms with van der Waals surface area (Å²) in [6.45, 7) is 10.9. The van der Waals surface area contributed by atoms with Crippen molar-refractivity contribution in [3.05, 3.63) is 113 Å². The number of aryl methyl sites for hydroxylation is 1. The van der Waals surface area contributed by atoms with Crippen LogP contribution in [0.15, 0.2) is 75.9 Å². The number of nitrogens with zero attached hydrogens (tertiary/aromatic N) is 5. The normalized spacial score (nSPS) is 15.3. The summed E-state index contributed by atoms with van der Waals surface area (Å²) in [5, 5.41) is 0.590. The average Bonchev–Trinajstić information content (AvgIpc) is 3.38. The number of carbonyl (C=O) groups is 1. The molecule has 0 saturated heterocycles. The number of thiazole rings is 1. The van der Waals surface area contributed by atoms with Crippen LogP contribution in [0.5, 0.6) is 0 Å². The third-order valence-corrected chi connectivity index (χ3v) is 8.38. The van der Waals surface area contributed by atoms with Gasteiger partial charge in [0.05, 0.1) is 33.7 Å². The molecule has 0 fully saturated rings. The summed E-state index contributed by atoms with van der Waals surface area (Å²) in [5.74, 6) is -0.115. The summed E-state index contributed by atoms with van der Waals surface area (Å²) in [7, 11) is 0. The molecule has 1 aliphatic heterocycles. The van der Waals surface area contributed by atoms with Gasteiger partial charge < -0.3 is 9.47 Å². The maximum absolute atomic E-state index is 14.0. The van der Waals surface area contributed by atoms with Gasteiger partial charge in [0.1, 0.15) is 0 Å². The van der Waals surface area contributed by atoms with Crippen molar-refractivity contribution < 1.29 is 4.79 Å². The van der Waals surface area contributed by atoms with Crippen molar-refractivity contribution in [2.75, 3.05) is 13.1 Å². The van der Waals surface area contributed by atoms with E-state index in [0.29, 0.717) is 38.7 Å². The summed E-state index contributed by atoms with van der Waals surface area (Å²) < 4.78 is 4.34. The van der Waals surface area contributed by atoms with E-state index < -0.39 is 6.04 Å². The van der Waals surface area contributed by atoms with Crippen molar-refractivity contribution in [2.24, 2.45) is 4.99 Å². The molecule has 0 radical (unpaired) electrons. The Morgan fingerprint density at radius 1 is 1.13 bits per heavy atom. The Hall–Kier alpha value is -3.75. The number of likely N-dealkylation sites (N-methyl/N-ethyl adjacent to an activating group) is 1. The van der Waals surface area contributed by atoms with Crippen LogP contribution < -0.4 is 14.9 Å². The highest BCUT2D eigenvalue weighted by Crippen LogP contribution is 2.32. The molecule has 0 saturated carbocycles. The van der Waals surface area contributed by atoms with Crippen LogP contribution >= 0.6 is 22.9 Å². The standard InChI is InChI=1S/C30H30ClN5O2S/c1-6-34(7-2)29(38)26-19(4)33-30-36(27(26)21-10-12-23(31)13-11-21)28(37)25(39-30)16-22-15-18(3)35(20(22)5)24-9-8-14-32-17-24/h8-17,27H,6-7H2,1-5H3/b25-16+/t27-/m1/s1. The van der Waals surface area contributed by atoms with Gasteiger partial charge in [-0.1, -0.05) is 35.1 Å². The molecule has 9 heteroatoms. The minimum atomic E-state index is -0.600. The van der Waals surface area contributed by atoms with E-state index in [4.69, 9.17) is 16.6 Å². The van der Waals surface area contributed by atoms with E-state index in [0.717, 1.165) is 28.2 Å². The van der Waals surface area contributed by atoms with Gasteiger partial charge in [-0.15, -0.1) is 0 Å². The van der Waals surface area contributed by atoms with E-state index in [1.807, 2.05) is 71.2 Å². The van der Waals surface area contributed by atoms with E-state index in [1.165, 1.54) is 11.3 Å². The molecule has 1 amide bonds. The number of amides is 1. The molecule has 0 bridgehead atoms. The van der Waals surface area contributed by atoms with Gasteiger partial charge in [-0.05, 0) is 82.2 Å². The number of aromatic nitrogens is 3. The molecule has 39 heavy (non-hydrogen) atoms. The van der Waals surface area contributed by atoms with Gasteiger partial charge in [0.15, 0.2) is 4.80 Å². The monoisotopic (exact) mass is 559 g/mol. The van der Waals surface area contributed by atoms with E-state index in [-0.39, 0.29) is 11.5 Å². The first-order valence-corrected chi connectivity index (χ1v) is 14.1. The smallest absolute Gasteiger partial charge is 0.271 e. The lowest BCUT2D eigenvalue weighted by atomic mass is 9.94. The van der Waals surface area contributed by atoms with E-state index in [1.54, 1.807) is 27.8 Å². The zero-order valence-electron chi connectivity index (χ0n) is 22.6. The summed E-state index contributed by atoms with van der Waals surface area (Å²) in [6.07, 6.45) is 5.49. The maximum atomic E-state index is 14.0. The Bertz CT molecular complexity index is 1760. The Morgan fingerprint density at radius 2 is 1.85 bits per heavy atom. The second kappa shape index (κ2) is 10.8. The fraction of sp³-hybridized carbons (Fsp3) is 0.267. The van der Waals surface area contributed by atoms with Gasteiger partial charge >= 0.3 is 0 Å². The van der Waals surface area contributed by atoms with Crippen molar-refractivity contribution in [1.82, 2.24) is 19.0 Å². The molecule has 0 N–H and O–H groups in total. The zero-order chi connectivity index (χ0) is 27.8. The van der Waals surface area contributed by atoms with Crippen molar-refractivity contribution in [3.63, 3.8) is 0 Å². The summed E-state index contributed by atoms with van der Waals surface area (Å²) in [5.41, 5.74) is 5.72. The molecule has 0 spiro atoms. The molecule has 1 aliphatic rings. The molecular formula is C30H30ClN5O2S. The van der Waals surface area contributed by atoms with Gasteiger partial charge in [-0.25, -0.2) is 4.99 Å². The first kappa shape index (κ1) is 26.8. The molecule has 200 valence electrons. The second-order valence-corrected chi connectivity index (χ2v) is 10.9. The molecule has 0 aliphatic carbocycles. The molecule has 7 nitrogen and oxygen atoms in total. The number of fused-ring (bicyclic) bond motifs is 1. The Balaban J connectivity index is 1.70. The van der Waals surface area contributed by atoms with Crippen LogP contribution in [0.4, 0.5) is 0 Å². The maximum Gasteiger partial charge on any atom is 0.271 e. The SMILES string of the molecule is CCN(CC)C(=O)C1=C(C)N=c2s/c(=C/c3cc(C)n(-c4cccnc4)c3C)c(=O)n2[C@@H]1c1ccc(Cl)cc1. The second-order valence-electron chi connectivity index (χ2n) is 9.48. The number of hydrogen-bond acceptors (Lipinski definition) is 5. The van der Waals surface area contributed by atoms with Gasteiger partial charge in [0.2, 0.25) is 0 Å². The third kappa shape index (κ3) is 4.79. The van der Waals surface area contributed by atoms with Crippen LogP contribution in [0.25, 0.3) is 11.8 Å². The predicted molar refractivity (Wildman–Crippen MR) is 156 cm³/mol. The molecule has 4 heterocycles. The Morgan fingerprint density at radius 3 is 2.49 bits per heavy atom. The van der Waals surface area contributed by atoms with Crippen LogP contribution in [0.1, 0.15) is 49.3 Å². The van der Waals surface area contributed by atoms with Gasteiger partial charge in [-0.3, -0.25) is 19.1 Å². The highest BCUT2D eigenvalue weighted by atomic mass is 35.5. The van der Waals surface area contributed by atoms with E-state index in [2.05, 4.69) is 15.6 Å². The largest absolute Gasteiger partial charge is 0.339 e. The summed E-state index contributed by atoms with van der Waals surface area (Å²) >= 11 is 7.53. The lowest BCUT2D eigenvalue weighted by Crippen LogP contribution is -2.43. The number of rotatable bonds is 6. The number of hydrogen-bond donors (Lipinski definition) is 0. The van der Waals surface area contributed by atoms with E-state index in [9.17, 15) is 9.59 Å². The first-order valence-electron chi connectivity index (χ1n) is 12.9. The van der Waals surface area contributed by atoms with Gasteiger partial charge in [-0.2, -0.15) is 0 Å². The van der Waals surface area contributed by atoms with Crippen LogP contribution in [0.2, 0.25) is 5.02 Å². The molecule has 4 aromatic rings. The number of pyridine rings is 1. The molecule has 1 aromatic carbocycles. The fourth-order valence-electron chi connectivity index (χ4n) is 5.19. The van der Waals surface area contributed by atoms with Crippen LogP contribution in [-0.4, -0.2) is 38.0 Å². The Labute approximate surface area is 236 Å². The zero-order valence-corrected chi connectivity index (χ0v) is 24.2. The minimum absolute atomic E-state index is 0.115. The van der Waals surface area contributed by atoms with E-state index >= 15 is 0 Å². The van der Waals surface area contributed by atoms with Crippen LogP contribution in [0.3, 0.4) is 0 Å². The predicted octanol–water partition coefficient (Wildman–Crippen LogP) is 4.56. The van der Waals surface area contributed by atoms with Crippen molar-refractivity contribution in [2.45, 2.75) is 40.7 Å².